The molecule has 0 aromatic rings. The first-order valence-electron chi connectivity index (χ1n) is 7.09. The van der Waals surface area contributed by atoms with E-state index in [9.17, 15) is 18.8 Å². The summed E-state index contributed by atoms with van der Waals surface area (Å²) < 4.78 is 34.0. The maximum atomic E-state index is 10.9. The van der Waals surface area contributed by atoms with Crippen molar-refractivity contribution in [1.29, 1.82) is 0 Å². The summed E-state index contributed by atoms with van der Waals surface area (Å²) in [5, 5.41) is 0. The number of carbonyl (C=O) groups excluding carboxylic acids is 1. The van der Waals surface area contributed by atoms with Crippen LogP contribution in [0.25, 0.3) is 0 Å². The smallest absolute Gasteiger partial charge is 0.234 e. The monoisotopic (exact) mass is 296 g/mol. The number of hydrogen-bond donors (Lipinski definition) is 0. The first-order chi connectivity index (χ1) is 8.95. The molecule has 0 N–H and O–H groups in total. The number of halogens is 1. The van der Waals surface area contributed by atoms with Crippen LogP contribution in [0.1, 0.15) is 77.6 Å². The second-order valence-electron chi connectivity index (χ2n) is 4.76. The summed E-state index contributed by atoms with van der Waals surface area (Å²) in [6.45, 7) is 2.20. The molecule has 0 amide bonds. The summed E-state index contributed by atoms with van der Waals surface area (Å²) >= 11 is 0. The number of rotatable bonds is 12. The van der Waals surface area contributed by atoms with Crippen LogP contribution >= 0.6 is 0 Å². The Morgan fingerprint density at radius 3 is 1.68 bits per heavy atom. The minimum atomic E-state index is -4.62. The fourth-order valence-electron chi connectivity index (χ4n) is 1.90. The highest BCUT2D eigenvalue weighted by Crippen LogP contribution is 2.11. The highest BCUT2D eigenvalue weighted by molar-refractivity contribution is 5.68. The Balaban J connectivity index is 3.21. The average molecular weight is 297 g/mol. The normalized spacial score (nSPS) is 11.6. The Labute approximate surface area is 117 Å². The summed E-state index contributed by atoms with van der Waals surface area (Å²) in [7, 11) is -4.62. The molecular weight excluding hydrogens is 272 g/mol. The predicted octanol–water partition coefficient (Wildman–Crippen LogP) is 0.738. The van der Waals surface area contributed by atoms with Gasteiger partial charge >= 0.3 is 5.97 Å². The molecule has 0 saturated carbocycles. The first-order valence-corrected chi connectivity index (χ1v) is 8.32. The molecule has 0 rings (SSSR count). The summed E-state index contributed by atoms with van der Waals surface area (Å²) in [6.07, 6.45) is 11.2. The van der Waals surface area contributed by atoms with Crippen LogP contribution in [0.4, 0.5) is 0 Å². The van der Waals surface area contributed by atoms with Crippen molar-refractivity contribution < 1.29 is 33.3 Å². The van der Waals surface area contributed by atoms with E-state index in [2.05, 4.69) is 11.2 Å². The Hall–Kier alpha value is -0.360. The lowest BCUT2D eigenvalue weighted by atomic mass is 10.1. The number of hydrogen-bond acceptors (Lipinski definition) is 5. The van der Waals surface area contributed by atoms with Gasteiger partial charge in [0.15, 0.2) is 0 Å². The van der Waals surface area contributed by atoms with E-state index in [0.29, 0.717) is 6.42 Å². The maximum Gasteiger partial charge on any atom is 0.463 e. The molecule has 0 unspecified atom stereocenters. The van der Waals surface area contributed by atoms with Crippen molar-refractivity contribution in [3.8, 4) is 0 Å². The molecule has 0 aromatic carbocycles. The van der Waals surface area contributed by atoms with Gasteiger partial charge in [0, 0.05) is 0 Å². The van der Waals surface area contributed by atoms with Crippen molar-refractivity contribution >= 4 is 5.97 Å². The van der Waals surface area contributed by atoms with Crippen molar-refractivity contribution in [2.45, 2.75) is 77.6 Å². The van der Waals surface area contributed by atoms with Gasteiger partial charge in [-0.2, -0.15) is 14.0 Å². The van der Waals surface area contributed by atoms with Crippen molar-refractivity contribution in [2.75, 3.05) is 0 Å². The predicted molar refractivity (Wildman–Crippen MR) is 62.6 cm³/mol. The van der Waals surface area contributed by atoms with Crippen LogP contribution in [0, 0.1) is 10.2 Å². The van der Waals surface area contributed by atoms with E-state index in [1.54, 1.807) is 0 Å². The SMILES string of the molecule is CCCCCCCCCCCCC(=O)O[Cl+3]([O-])([O-])[O-]. The van der Waals surface area contributed by atoms with Gasteiger partial charge in [-0.1, -0.05) is 64.7 Å². The third-order valence-corrected chi connectivity index (χ3v) is 3.28. The zero-order chi connectivity index (χ0) is 14.6. The molecule has 0 aliphatic heterocycles. The van der Waals surface area contributed by atoms with Gasteiger partial charge < -0.3 is 0 Å². The Morgan fingerprint density at radius 2 is 1.26 bits per heavy atom. The summed E-state index contributed by atoms with van der Waals surface area (Å²) in [4.78, 5) is 10.9. The van der Waals surface area contributed by atoms with E-state index in [0.717, 1.165) is 19.3 Å². The largest absolute Gasteiger partial charge is 0.463 e. The van der Waals surface area contributed by atoms with Gasteiger partial charge in [0.05, 0.1) is 6.42 Å². The molecule has 19 heavy (non-hydrogen) atoms. The van der Waals surface area contributed by atoms with Crippen molar-refractivity contribution in [3.63, 3.8) is 0 Å². The average Bonchev–Trinajstić information content (AvgIpc) is 2.29. The van der Waals surface area contributed by atoms with Gasteiger partial charge in [0.25, 0.3) is 0 Å². The zero-order valence-electron chi connectivity index (χ0n) is 11.7. The van der Waals surface area contributed by atoms with Gasteiger partial charge in [0.2, 0.25) is 0 Å². The second-order valence-corrected chi connectivity index (χ2v) is 5.67. The minimum Gasteiger partial charge on any atom is -0.234 e. The van der Waals surface area contributed by atoms with Gasteiger partial charge in [-0.3, -0.25) is 0 Å². The van der Waals surface area contributed by atoms with Crippen LogP contribution in [0.5, 0.6) is 0 Å². The van der Waals surface area contributed by atoms with Crippen LogP contribution in [0.15, 0.2) is 0 Å². The second kappa shape index (κ2) is 11.5. The fraction of sp³-hybridized carbons (Fsp3) is 0.923. The highest BCUT2D eigenvalue weighted by Gasteiger charge is 2.24. The lowest BCUT2D eigenvalue weighted by Gasteiger charge is -2.10. The Kier molecular flexibility index (Phi) is 11.2. The van der Waals surface area contributed by atoms with E-state index < -0.39 is 16.2 Å². The van der Waals surface area contributed by atoms with Crippen LogP contribution in [-0.4, -0.2) is 5.97 Å². The third kappa shape index (κ3) is 15.6. The maximum absolute atomic E-state index is 10.9. The van der Waals surface area contributed by atoms with E-state index in [1.807, 2.05) is 0 Å². The Bertz CT molecular complexity index is 228. The zero-order valence-corrected chi connectivity index (χ0v) is 12.5. The molecule has 0 bridgehead atoms. The molecule has 0 saturated heterocycles. The van der Waals surface area contributed by atoms with Gasteiger partial charge in [-0.05, 0) is 10.7 Å². The van der Waals surface area contributed by atoms with Gasteiger partial charge in [-0.15, -0.1) is 0 Å². The van der Waals surface area contributed by atoms with Gasteiger partial charge in [-0.25, -0.2) is 4.79 Å². The summed E-state index contributed by atoms with van der Waals surface area (Å²) in [5.41, 5.74) is 0. The molecule has 5 nitrogen and oxygen atoms in total. The molecule has 0 heterocycles. The minimum absolute atomic E-state index is 0.00896. The van der Waals surface area contributed by atoms with Crippen LogP contribution < -0.4 is 14.0 Å². The van der Waals surface area contributed by atoms with E-state index in [4.69, 9.17) is 0 Å². The van der Waals surface area contributed by atoms with Gasteiger partial charge in [0.1, 0.15) is 10.2 Å². The van der Waals surface area contributed by atoms with Crippen molar-refractivity contribution in [3.05, 3.63) is 0 Å². The molecule has 0 aromatic heterocycles. The summed E-state index contributed by atoms with van der Waals surface area (Å²) in [6, 6.07) is 0. The molecule has 0 fully saturated rings. The molecule has 0 radical (unpaired) electrons. The molecular formula is C13H25ClO5. The van der Waals surface area contributed by atoms with Crippen LogP contribution in [0.2, 0.25) is 0 Å². The highest BCUT2D eigenvalue weighted by atomic mass is 35.7. The van der Waals surface area contributed by atoms with Crippen LogP contribution in [-0.2, 0) is 9.08 Å². The summed E-state index contributed by atoms with van der Waals surface area (Å²) in [5.74, 6) is -0.962. The molecule has 114 valence electrons. The van der Waals surface area contributed by atoms with E-state index in [1.165, 1.54) is 38.5 Å². The van der Waals surface area contributed by atoms with Crippen molar-refractivity contribution in [1.82, 2.24) is 0 Å². The molecule has 0 aliphatic carbocycles. The fourth-order valence-corrected chi connectivity index (χ4v) is 2.19. The Morgan fingerprint density at radius 1 is 0.842 bits per heavy atom. The lowest BCUT2D eigenvalue weighted by Crippen LogP contribution is -2.61. The van der Waals surface area contributed by atoms with Crippen LogP contribution in [0.3, 0.4) is 0 Å². The quantitative estimate of drug-likeness (QED) is 0.495. The third-order valence-electron chi connectivity index (χ3n) is 2.91. The molecule has 0 aliphatic rings. The standard InChI is InChI=1S/C13H25ClO5/c1-2-3-4-5-6-7-8-9-10-11-12-13(15)19-14(16,17)18/h2-12H2,1H3. The van der Waals surface area contributed by atoms with E-state index >= 15 is 0 Å². The van der Waals surface area contributed by atoms with Crippen molar-refractivity contribution in [2.24, 2.45) is 0 Å². The molecule has 6 heteroatoms. The number of unbranched alkanes of at least 4 members (excludes halogenated alkanes) is 9. The lowest BCUT2D eigenvalue weighted by molar-refractivity contribution is -1.92. The topological polar surface area (TPSA) is 95.5 Å². The molecule has 0 spiro atoms. The molecule has 0 atom stereocenters. The first kappa shape index (κ1) is 18.6. The van der Waals surface area contributed by atoms with E-state index in [-0.39, 0.29) is 6.42 Å². The number of carbonyl (C=O) groups is 1.